The third kappa shape index (κ3) is 4.96. The zero-order valence-corrected chi connectivity index (χ0v) is 23.9. The molecule has 4 aliphatic heterocycles. The molecular formula is C31H35ClFN7O. The Labute approximate surface area is 245 Å². The molecule has 0 spiro atoms. The van der Waals surface area contributed by atoms with Gasteiger partial charge < -0.3 is 19.9 Å². The maximum atomic E-state index is 14.4. The summed E-state index contributed by atoms with van der Waals surface area (Å²) in [7, 11) is 0. The Morgan fingerprint density at radius 1 is 1.12 bits per heavy atom. The number of anilines is 2. The number of hydrogen-bond acceptors (Lipinski definition) is 8. The lowest BCUT2D eigenvalue weighted by atomic mass is 9.95. The first kappa shape index (κ1) is 26.7. The fraction of sp³-hybridized carbons (Fsp3) is 0.516. The van der Waals surface area contributed by atoms with Gasteiger partial charge in [0.25, 0.3) is 0 Å². The van der Waals surface area contributed by atoms with Gasteiger partial charge in [-0.25, -0.2) is 4.39 Å². The number of rotatable bonds is 6. The molecule has 0 radical (unpaired) electrons. The Balaban J connectivity index is 1.23. The number of alkyl halides is 1. The molecule has 0 aliphatic carbocycles. The van der Waals surface area contributed by atoms with E-state index >= 15 is 0 Å². The molecule has 8 nitrogen and oxygen atoms in total. The van der Waals surface area contributed by atoms with Crippen LogP contribution in [0.1, 0.15) is 36.9 Å². The summed E-state index contributed by atoms with van der Waals surface area (Å²) in [6.45, 7) is 5.54. The standard InChI is InChI=1S/C31H35ClFN7O/c32-25-6-1-4-21-5-2-7-27(28(21)25)38-14-9-24-26(19-38)36-30(37-29(24)39-15-12-35-23(18-39)8-11-34)41-20-31-10-3-13-40(31)17-22(33)16-31/h1-2,4-7,22-23,35H,3,8-10,12-20H2/t22-,23+,31+/m1/s1. The smallest absolute Gasteiger partial charge is 0.318 e. The van der Waals surface area contributed by atoms with Gasteiger partial charge in [0.2, 0.25) is 0 Å². The Morgan fingerprint density at radius 2 is 2.00 bits per heavy atom. The van der Waals surface area contributed by atoms with Crippen LogP contribution in [0.3, 0.4) is 0 Å². The molecule has 7 rings (SSSR count). The summed E-state index contributed by atoms with van der Waals surface area (Å²) in [5.74, 6) is 0.903. The molecule has 0 bridgehead atoms. The molecule has 0 amide bonds. The maximum Gasteiger partial charge on any atom is 0.318 e. The molecule has 1 N–H and O–H groups in total. The summed E-state index contributed by atoms with van der Waals surface area (Å²) in [6.07, 6.45) is 2.95. The van der Waals surface area contributed by atoms with E-state index in [1.807, 2.05) is 12.1 Å². The summed E-state index contributed by atoms with van der Waals surface area (Å²) in [5, 5.41) is 15.7. The lowest BCUT2D eigenvalue weighted by molar-refractivity contribution is 0.107. The van der Waals surface area contributed by atoms with E-state index in [9.17, 15) is 9.65 Å². The molecule has 1 aromatic heterocycles. The summed E-state index contributed by atoms with van der Waals surface area (Å²) in [4.78, 5) is 16.8. The van der Waals surface area contributed by atoms with Crippen LogP contribution in [0.5, 0.6) is 6.01 Å². The average Bonchev–Trinajstić information content (AvgIpc) is 3.51. The first-order chi connectivity index (χ1) is 20.0. The van der Waals surface area contributed by atoms with Crippen molar-refractivity contribution < 1.29 is 9.13 Å². The highest BCUT2D eigenvalue weighted by molar-refractivity contribution is 6.36. The predicted octanol–water partition coefficient (Wildman–Crippen LogP) is 4.49. The highest BCUT2D eigenvalue weighted by Crippen LogP contribution is 2.41. The molecule has 10 heteroatoms. The van der Waals surface area contributed by atoms with Crippen molar-refractivity contribution in [1.29, 1.82) is 5.26 Å². The number of halogens is 2. The third-order valence-corrected chi connectivity index (χ3v) is 9.63. The number of ether oxygens (including phenoxy) is 1. The van der Waals surface area contributed by atoms with Gasteiger partial charge in [0.05, 0.1) is 35.3 Å². The number of hydrogen-bond donors (Lipinski definition) is 1. The number of nitrogens with zero attached hydrogens (tertiary/aromatic N) is 6. The van der Waals surface area contributed by atoms with Crippen LogP contribution in [-0.4, -0.2) is 78.5 Å². The number of fused-ring (bicyclic) bond motifs is 3. The van der Waals surface area contributed by atoms with Crippen LogP contribution in [0, 0.1) is 11.3 Å². The van der Waals surface area contributed by atoms with Crippen molar-refractivity contribution >= 4 is 33.9 Å². The summed E-state index contributed by atoms with van der Waals surface area (Å²) in [6, 6.07) is 15.1. The summed E-state index contributed by atoms with van der Waals surface area (Å²) in [5.41, 5.74) is 2.92. The SMILES string of the molecule is N#CC[C@H]1CN(c2nc(OC[C@@]34CCCN3C[C@H](F)C4)nc3c2CCN(c2cccc4cccc(Cl)c24)C3)CCN1. The van der Waals surface area contributed by atoms with Crippen molar-refractivity contribution in [3.63, 3.8) is 0 Å². The fourth-order valence-corrected chi connectivity index (χ4v) is 7.65. The Hall–Kier alpha value is -3.19. The van der Waals surface area contributed by atoms with E-state index in [-0.39, 0.29) is 11.6 Å². The number of nitrogens with one attached hydrogen (secondary N) is 1. The second-order valence-corrected chi connectivity index (χ2v) is 12.3. The maximum absolute atomic E-state index is 14.4. The van der Waals surface area contributed by atoms with Crippen LogP contribution in [0.4, 0.5) is 15.9 Å². The molecule has 4 aliphatic rings. The number of aromatic nitrogens is 2. The van der Waals surface area contributed by atoms with Crippen molar-refractivity contribution in [3.8, 4) is 12.1 Å². The lowest BCUT2D eigenvalue weighted by Crippen LogP contribution is -2.51. The van der Waals surface area contributed by atoms with Gasteiger partial charge in [-0.3, -0.25) is 4.90 Å². The second kappa shape index (κ2) is 10.9. The largest absolute Gasteiger partial charge is 0.461 e. The molecule has 3 fully saturated rings. The van der Waals surface area contributed by atoms with Crippen LogP contribution >= 0.6 is 11.6 Å². The van der Waals surface area contributed by atoms with Crippen molar-refractivity contribution in [3.05, 3.63) is 52.7 Å². The molecule has 2 aromatic carbocycles. The lowest BCUT2D eigenvalue weighted by Gasteiger charge is -2.37. The zero-order valence-electron chi connectivity index (χ0n) is 23.2. The minimum atomic E-state index is -0.807. The molecule has 3 aromatic rings. The van der Waals surface area contributed by atoms with Gasteiger partial charge in [0, 0.05) is 61.8 Å². The van der Waals surface area contributed by atoms with E-state index in [1.54, 1.807) is 0 Å². The van der Waals surface area contributed by atoms with Crippen LogP contribution in [0.15, 0.2) is 36.4 Å². The molecule has 3 saturated heterocycles. The van der Waals surface area contributed by atoms with E-state index < -0.39 is 6.17 Å². The highest BCUT2D eigenvalue weighted by atomic mass is 35.5. The molecule has 3 atom stereocenters. The third-order valence-electron chi connectivity index (χ3n) is 9.32. The molecule has 5 heterocycles. The quantitative estimate of drug-likeness (QED) is 0.460. The first-order valence-corrected chi connectivity index (χ1v) is 15.1. The van der Waals surface area contributed by atoms with Crippen molar-refractivity contribution in [2.75, 3.05) is 55.7 Å². The number of piperazine rings is 1. The minimum absolute atomic E-state index is 0.0903. The number of nitriles is 1. The van der Waals surface area contributed by atoms with Crippen LogP contribution in [0.25, 0.3) is 10.8 Å². The van der Waals surface area contributed by atoms with Gasteiger partial charge in [-0.05, 0) is 43.3 Å². The molecule has 0 unspecified atom stereocenters. The van der Waals surface area contributed by atoms with Gasteiger partial charge in [0.15, 0.2) is 0 Å². The molecule has 214 valence electrons. The number of benzene rings is 2. The monoisotopic (exact) mass is 575 g/mol. The Morgan fingerprint density at radius 3 is 2.88 bits per heavy atom. The van der Waals surface area contributed by atoms with Gasteiger partial charge in [-0.2, -0.15) is 15.2 Å². The summed E-state index contributed by atoms with van der Waals surface area (Å²) < 4.78 is 20.8. The minimum Gasteiger partial charge on any atom is -0.461 e. The Bertz CT molecular complexity index is 1490. The first-order valence-electron chi connectivity index (χ1n) is 14.7. The molecule has 41 heavy (non-hydrogen) atoms. The van der Waals surface area contributed by atoms with Crippen molar-refractivity contribution in [2.45, 2.75) is 56.4 Å². The molecule has 0 saturated carbocycles. The van der Waals surface area contributed by atoms with E-state index in [2.05, 4.69) is 50.4 Å². The zero-order chi connectivity index (χ0) is 28.0. The second-order valence-electron chi connectivity index (χ2n) is 11.9. The van der Waals surface area contributed by atoms with E-state index in [4.69, 9.17) is 26.3 Å². The van der Waals surface area contributed by atoms with Crippen molar-refractivity contribution in [1.82, 2.24) is 20.2 Å². The fourth-order valence-electron chi connectivity index (χ4n) is 7.37. The van der Waals surface area contributed by atoms with E-state index in [1.165, 1.54) is 0 Å². The van der Waals surface area contributed by atoms with Gasteiger partial charge >= 0.3 is 6.01 Å². The average molecular weight is 576 g/mol. The van der Waals surface area contributed by atoms with E-state index in [0.29, 0.717) is 45.1 Å². The van der Waals surface area contributed by atoms with Gasteiger partial charge in [0.1, 0.15) is 18.6 Å². The normalized spacial score (nSPS) is 26.2. The Kier molecular flexibility index (Phi) is 7.10. The van der Waals surface area contributed by atoms with Crippen molar-refractivity contribution in [2.24, 2.45) is 0 Å². The van der Waals surface area contributed by atoms with Gasteiger partial charge in [-0.15, -0.1) is 0 Å². The van der Waals surface area contributed by atoms with Gasteiger partial charge in [-0.1, -0.05) is 35.9 Å². The van der Waals surface area contributed by atoms with Crippen LogP contribution in [-0.2, 0) is 13.0 Å². The van der Waals surface area contributed by atoms with Crippen LogP contribution in [0.2, 0.25) is 5.02 Å². The molecular weight excluding hydrogens is 541 g/mol. The topological polar surface area (TPSA) is 80.5 Å². The summed E-state index contributed by atoms with van der Waals surface area (Å²) >= 11 is 6.69. The predicted molar refractivity (Wildman–Crippen MR) is 159 cm³/mol. The highest BCUT2D eigenvalue weighted by Gasteiger charge is 2.49. The van der Waals surface area contributed by atoms with E-state index in [0.717, 1.165) is 84.0 Å². The van der Waals surface area contributed by atoms with Crippen LogP contribution < -0.4 is 19.9 Å².